The predicted molar refractivity (Wildman–Crippen MR) is 112 cm³/mol. The van der Waals surface area contributed by atoms with Crippen molar-refractivity contribution < 1.29 is 4.79 Å². The number of likely N-dealkylation sites (tertiary alicyclic amines) is 1. The average Bonchev–Trinajstić information content (AvgIpc) is 3.23. The van der Waals surface area contributed by atoms with Crippen LogP contribution in [-0.2, 0) is 4.79 Å². The van der Waals surface area contributed by atoms with Crippen molar-refractivity contribution in [3.63, 3.8) is 0 Å². The molecule has 0 aromatic carbocycles. The Kier molecular flexibility index (Phi) is 6.40. The molecule has 0 bridgehead atoms. The van der Waals surface area contributed by atoms with Crippen LogP contribution in [0.25, 0.3) is 0 Å². The highest BCUT2D eigenvalue weighted by molar-refractivity contribution is 5.87. The van der Waals surface area contributed by atoms with Crippen LogP contribution >= 0.6 is 0 Å². The molecule has 6 nitrogen and oxygen atoms in total. The summed E-state index contributed by atoms with van der Waals surface area (Å²) < 4.78 is 0. The number of nitrogens with zero attached hydrogens (tertiary/aromatic N) is 2. The first-order valence-corrected chi connectivity index (χ1v) is 11.5. The summed E-state index contributed by atoms with van der Waals surface area (Å²) in [6.45, 7) is 12.1. The Morgan fingerprint density at radius 3 is 2.54 bits per heavy atom. The third kappa shape index (κ3) is 4.16. The molecule has 1 aliphatic carbocycles. The van der Waals surface area contributed by atoms with Gasteiger partial charge in [0.25, 0.3) is 0 Å². The summed E-state index contributed by atoms with van der Waals surface area (Å²) in [4.78, 5) is 14.2. The Morgan fingerprint density at radius 2 is 1.86 bits per heavy atom. The minimum Gasteiger partial charge on any atom is -0.338 e. The van der Waals surface area contributed by atoms with Gasteiger partial charge in [-0.2, -0.15) is 0 Å². The lowest BCUT2D eigenvalue weighted by Crippen LogP contribution is -2.71. The SMILES string of the molecule is C=CC(=O)N1CCC2C(C1)NC(C1CCCCC1)NC2C1CNN(C(C)C)C1. The number of piperidine rings is 1. The fourth-order valence-electron chi connectivity index (χ4n) is 5.99. The van der Waals surface area contributed by atoms with Gasteiger partial charge in [0, 0.05) is 50.2 Å². The van der Waals surface area contributed by atoms with Crippen molar-refractivity contribution >= 4 is 5.91 Å². The van der Waals surface area contributed by atoms with Crippen molar-refractivity contribution in [3.8, 4) is 0 Å². The second-order valence-electron chi connectivity index (χ2n) is 9.65. The molecule has 1 saturated carbocycles. The van der Waals surface area contributed by atoms with Crippen molar-refractivity contribution in [2.75, 3.05) is 26.2 Å². The minimum atomic E-state index is 0.0815. The molecule has 6 heteroatoms. The molecule has 158 valence electrons. The normalized spacial score (nSPS) is 37.8. The monoisotopic (exact) mass is 389 g/mol. The minimum absolute atomic E-state index is 0.0815. The van der Waals surface area contributed by atoms with Crippen molar-refractivity contribution in [1.82, 2.24) is 26.0 Å². The molecule has 4 rings (SSSR count). The Bertz CT molecular complexity index is 561. The molecule has 3 saturated heterocycles. The molecule has 28 heavy (non-hydrogen) atoms. The topological polar surface area (TPSA) is 59.6 Å². The maximum atomic E-state index is 12.2. The fraction of sp³-hybridized carbons (Fsp3) is 0.864. The van der Waals surface area contributed by atoms with Crippen LogP contribution in [0.15, 0.2) is 12.7 Å². The molecule has 0 aromatic heterocycles. The van der Waals surface area contributed by atoms with Crippen LogP contribution in [0.5, 0.6) is 0 Å². The van der Waals surface area contributed by atoms with E-state index in [1.165, 1.54) is 38.2 Å². The highest BCUT2D eigenvalue weighted by atomic mass is 16.2. The van der Waals surface area contributed by atoms with Crippen LogP contribution in [0.1, 0.15) is 52.4 Å². The zero-order valence-electron chi connectivity index (χ0n) is 17.7. The Labute approximate surface area is 170 Å². The van der Waals surface area contributed by atoms with Crippen molar-refractivity contribution in [3.05, 3.63) is 12.7 Å². The zero-order chi connectivity index (χ0) is 19.7. The van der Waals surface area contributed by atoms with Gasteiger partial charge in [0.2, 0.25) is 5.91 Å². The largest absolute Gasteiger partial charge is 0.338 e. The van der Waals surface area contributed by atoms with E-state index in [4.69, 9.17) is 0 Å². The lowest BCUT2D eigenvalue weighted by molar-refractivity contribution is -0.129. The Balaban J connectivity index is 1.50. The lowest BCUT2D eigenvalue weighted by Gasteiger charge is -2.52. The van der Waals surface area contributed by atoms with E-state index < -0.39 is 0 Å². The summed E-state index contributed by atoms with van der Waals surface area (Å²) in [5.74, 6) is 2.02. The number of carbonyl (C=O) groups is 1. The van der Waals surface area contributed by atoms with Crippen molar-refractivity contribution in [1.29, 1.82) is 0 Å². The van der Waals surface area contributed by atoms with Crippen LogP contribution in [0.2, 0.25) is 0 Å². The number of hydrogen-bond donors (Lipinski definition) is 3. The van der Waals surface area contributed by atoms with E-state index >= 15 is 0 Å². The summed E-state index contributed by atoms with van der Waals surface area (Å²) in [5, 5.41) is 10.4. The number of amides is 1. The van der Waals surface area contributed by atoms with Crippen LogP contribution in [-0.4, -0.2) is 66.3 Å². The van der Waals surface area contributed by atoms with Crippen LogP contribution in [0.3, 0.4) is 0 Å². The molecular formula is C22H39N5O. The first kappa shape index (κ1) is 20.3. The molecule has 5 unspecified atom stereocenters. The van der Waals surface area contributed by atoms with Crippen LogP contribution < -0.4 is 16.1 Å². The van der Waals surface area contributed by atoms with E-state index in [0.29, 0.717) is 36.1 Å². The molecule has 3 heterocycles. The molecule has 5 atom stereocenters. The standard InChI is InChI=1S/C22H39N5O/c1-4-20(28)26-11-10-18-19(14-26)24-22(16-8-6-5-7-9-16)25-21(18)17-12-23-27(13-17)15(2)3/h4,15-19,21-25H,1,5-14H2,2-3H3. The molecular weight excluding hydrogens is 350 g/mol. The van der Waals surface area contributed by atoms with Crippen molar-refractivity contribution in [2.24, 2.45) is 17.8 Å². The molecule has 3 aliphatic heterocycles. The van der Waals surface area contributed by atoms with Gasteiger partial charge in [0.15, 0.2) is 0 Å². The highest BCUT2D eigenvalue weighted by Gasteiger charge is 2.46. The van der Waals surface area contributed by atoms with E-state index in [1.54, 1.807) is 0 Å². The molecule has 4 aliphatic rings. The summed E-state index contributed by atoms with van der Waals surface area (Å²) in [6.07, 6.45) is 9.68. The number of fused-ring (bicyclic) bond motifs is 1. The average molecular weight is 390 g/mol. The third-order valence-electron chi connectivity index (χ3n) is 7.62. The Morgan fingerprint density at radius 1 is 1.07 bits per heavy atom. The summed E-state index contributed by atoms with van der Waals surface area (Å²) in [5.41, 5.74) is 3.62. The quantitative estimate of drug-likeness (QED) is 0.639. The summed E-state index contributed by atoms with van der Waals surface area (Å²) >= 11 is 0. The molecule has 3 N–H and O–H groups in total. The first-order valence-electron chi connectivity index (χ1n) is 11.5. The number of rotatable bonds is 4. The number of carbonyl (C=O) groups excluding carboxylic acids is 1. The van der Waals surface area contributed by atoms with E-state index in [-0.39, 0.29) is 5.91 Å². The van der Waals surface area contributed by atoms with Crippen LogP contribution in [0.4, 0.5) is 0 Å². The number of hydrazine groups is 1. The van der Waals surface area contributed by atoms with Gasteiger partial charge in [-0.05, 0) is 51.0 Å². The van der Waals surface area contributed by atoms with Gasteiger partial charge >= 0.3 is 0 Å². The Hall–Kier alpha value is -0.950. The second kappa shape index (κ2) is 8.82. The van der Waals surface area contributed by atoms with Gasteiger partial charge in [-0.15, -0.1) is 0 Å². The molecule has 0 aromatic rings. The first-order chi connectivity index (χ1) is 13.6. The van der Waals surface area contributed by atoms with Crippen molar-refractivity contribution in [2.45, 2.75) is 76.7 Å². The molecule has 0 spiro atoms. The van der Waals surface area contributed by atoms with E-state index in [1.807, 2.05) is 4.90 Å². The van der Waals surface area contributed by atoms with E-state index in [2.05, 4.69) is 41.5 Å². The van der Waals surface area contributed by atoms with Gasteiger partial charge in [0.05, 0.1) is 6.17 Å². The molecule has 1 amide bonds. The number of nitrogens with one attached hydrogen (secondary N) is 3. The third-order valence-corrected chi connectivity index (χ3v) is 7.62. The van der Waals surface area contributed by atoms with Crippen LogP contribution in [0, 0.1) is 17.8 Å². The maximum Gasteiger partial charge on any atom is 0.246 e. The number of hydrogen-bond acceptors (Lipinski definition) is 5. The fourth-order valence-corrected chi connectivity index (χ4v) is 5.99. The van der Waals surface area contributed by atoms with E-state index in [0.717, 1.165) is 38.5 Å². The zero-order valence-corrected chi connectivity index (χ0v) is 17.7. The van der Waals surface area contributed by atoms with E-state index in [9.17, 15) is 4.79 Å². The maximum absolute atomic E-state index is 12.2. The van der Waals surface area contributed by atoms with Gasteiger partial charge in [-0.1, -0.05) is 25.8 Å². The van der Waals surface area contributed by atoms with Gasteiger partial charge in [-0.3, -0.25) is 20.9 Å². The summed E-state index contributed by atoms with van der Waals surface area (Å²) in [7, 11) is 0. The molecule has 4 fully saturated rings. The highest BCUT2D eigenvalue weighted by Crippen LogP contribution is 2.34. The summed E-state index contributed by atoms with van der Waals surface area (Å²) in [6, 6.07) is 1.45. The van der Waals surface area contributed by atoms with Gasteiger partial charge < -0.3 is 4.90 Å². The van der Waals surface area contributed by atoms with Gasteiger partial charge in [-0.25, -0.2) is 5.01 Å². The second-order valence-corrected chi connectivity index (χ2v) is 9.65. The smallest absolute Gasteiger partial charge is 0.246 e. The predicted octanol–water partition coefficient (Wildman–Crippen LogP) is 1.70. The lowest BCUT2D eigenvalue weighted by atomic mass is 9.75. The molecule has 0 radical (unpaired) electrons. The van der Waals surface area contributed by atoms with Gasteiger partial charge in [0.1, 0.15) is 0 Å².